The Bertz CT molecular complexity index is 915. The zero-order valence-corrected chi connectivity index (χ0v) is 15.3. The Balaban J connectivity index is 1.79. The topological polar surface area (TPSA) is 66.9 Å². The molecule has 0 aliphatic carbocycles. The van der Waals surface area contributed by atoms with Gasteiger partial charge in [0.1, 0.15) is 5.69 Å². The number of carbonyl (C=O) groups is 1. The molecular weight excluding hydrogens is 348 g/mol. The van der Waals surface area contributed by atoms with E-state index in [1.54, 1.807) is 30.3 Å². The van der Waals surface area contributed by atoms with Crippen molar-refractivity contribution in [1.82, 2.24) is 9.97 Å². The van der Waals surface area contributed by atoms with E-state index < -0.39 is 0 Å². The molecule has 0 bridgehead atoms. The van der Waals surface area contributed by atoms with E-state index in [9.17, 15) is 4.79 Å². The number of nitrogens with one attached hydrogen (secondary N) is 2. The van der Waals surface area contributed by atoms with Crippen LogP contribution in [-0.2, 0) is 0 Å². The van der Waals surface area contributed by atoms with Crippen LogP contribution in [0.3, 0.4) is 0 Å². The summed E-state index contributed by atoms with van der Waals surface area (Å²) in [5, 5.41) is 6.49. The van der Waals surface area contributed by atoms with Gasteiger partial charge in [0.05, 0.1) is 16.8 Å². The predicted molar refractivity (Wildman–Crippen MR) is 105 cm³/mol. The SMILES string of the molecule is Cc1cc(C(=O)Nc2ccccc2Cl)nc(NC(C)c2ccccc2)n1. The molecule has 0 aliphatic rings. The number of rotatable bonds is 5. The second kappa shape index (κ2) is 7.97. The lowest BCUT2D eigenvalue weighted by atomic mass is 10.1. The second-order valence-electron chi connectivity index (χ2n) is 5.93. The molecule has 0 aliphatic heterocycles. The first-order valence-corrected chi connectivity index (χ1v) is 8.64. The standard InChI is InChI=1S/C20H19ClN4O/c1-13-12-18(19(26)24-17-11-7-6-10-16(17)21)25-20(22-13)23-14(2)15-8-4-3-5-9-15/h3-12,14H,1-2H3,(H,24,26)(H,22,23,25). The number of nitrogens with zero attached hydrogens (tertiary/aromatic N) is 2. The third-order valence-electron chi connectivity index (χ3n) is 3.85. The first-order chi connectivity index (χ1) is 12.5. The predicted octanol–water partition coefficient (Wildman–Crippen LogP) is 4.86. The van der Waals surface area contributed by atoms with Gasteiger partial charge in [-0.05, 0) is 37.6 Å². The van der Waals surface area contributed by atoms with Gasteiger partial charge in [0.15, 0.2) is 0 Å². The average Bonchev–Trinajstić information content (AvgIpc) is 2.64. The first kappa shape index (κ1) is 17.9. The van der Waals surface area contributed by atoms with Gasteiger partial charge >= 0.3 is 0 Å². The highest BCUT2D eigenvalue weighted by Gasteiger charge is 2.14. The summed E-state index contributed by atoms with van der Waals surface area (Å²) in [6, 6.07) is 18.7. The lowest BCUT2D eigenvalue weighted by Gasteiger charge is -2.15. The molecule has 2 aromatic carbocycles. The molecule has 3 aromatic rings. The van der Waals surface area contributed by atoms with Crippen LogP contribution in [0.1, 0.15) is 34.7 Å². The lowest BCUT2D eigenvalue weighted by Crippen LogP contribution is -2.17. The summed E-state index contributed by atoms with van der Waals surface area (Å²) >= 11 is 6.10. The Hall–Kier alpha value is -2.92. The Kier molecular flexibility index (Phi) is 5.49. The van der Waals surface area contributed by atoms with Crippen molar-refractivity contribution in [3.05, 3.63) is 82.6 Å². The number of amides is 1. The van der Waals surface area contributed by atoms with Crippen molar-refractivity contribution in [2.75, 3.05) is 10.6 Å². The van der Waals surface area contributed by atoms with E-state index >= 15 is 0 Å². The van der Waals surface area contributed by atoms with E-state index in [0.29, 0.717) is 22.4 Å². The van der Waals surface area contributed by atoms with Crippen LogP contribution in [0.25, 0.3) is 0 Å². The lowest BCUT2D eigenvalue weighted by molar-refractivity contribution is 0.102. The van der Waals surface area contributed by atoms with Crippen molar-refractivity contribution in [2.45, 2.75) is 19.9 Å². The highest BCUT2D eigenvalue weighted by molar-refractivity contribution is 6.33. The molecule has 5 nitrogen and oxygen atoms in total. The highest BCUT2D eigenvalue weighted by Crippen LogP contribution is 2.21. The zero-order chi connectivity index (χ0) is 18.5. The fourth-order valence-electron chi connectivity index (χ4n) is 2.52. The molecule has 1 atom stereocenters. The number of halogens is 1. The molecule has 132 valence electrons. The minimum atomic E-state index is -0.334. The number of benzene rings is 2. The quantitative estimate of drug-likeness (QED) is 0.676. The molecule has 0 radical (unpaired) electrons. The fraction of sp³-hybridized carbons (Fsp3) is 0.150. The maximum atomic E-state index is 12.5. The molecule has 6 heteroatoms. The molecule has 1 aromatic heterocycles. The number of carbonyl (C=O) groups excluding carboxylic acids is 1. The summed E-state index contributed by atoms with van der Waals surface area (Å²) in [7, 11) is 0. The van der Waals surface area contributed by atoms with Gasteiger partial charge in [-0.1, -0.05) is 54.1 Å². The highest BCUT2D eigenvalue weighted by atomic mass is 35.5. The number of hydrogen-bond acceptors (Lipinski definition) is 4. The van der Waals surface area contributed by atoms with Crippen LogP contribution in [0, 0.1) is 6.92 Å². The second-order valence-corrected chi connectivity index (χ2v) is 6.34. The smallest absolute Gasteiger partial charge is 0.274 e. The van der Waals surface area contributed by atoms with E-state index in [-0.39, 0.29) is 17.6 Å². The maximum Gasteiger partial charge on any atom is 0.274 e. The van der Waals surface area contributed by atoms with E-state index in [4.69, 9.17) is 11.6 Å². The summed E-state index contributed by atoms with van der Waals surface area (Å²) in [5.74, 6) is 0.0738. The van der Waals surface area contributed by atoms with Crippen LogP contribution in [0.4, 0.5) is 11.6 Å². The van der Waals surface area contributed by atoms with Gasteiger partial charge in [-0.2, -0.15) is 0 Å². The number of para-hydroxylation sites is 1. The third-order valence-corrected chi connectivity index (χ3v) is 4.18. The molecule has 0 saturated heterocycles. The molecular formula is C20H19ClN4O. The van der Waals surface area contributed by atoms with Gasteiger partial charge in [0.2, 0.25) is 5.95 Å². The van der Waals surface area contributed by atoms with Crippen LogP contribution in [0.5, 0.6) is 0 Å². The van der Waals surface area contributed by atoms with Crippen LogP contribution in [-0.4, -0.2) is 15.9 Å². The minimum Gasteiger partial charge on any atom is -0.348 e. The number of anilines is 2. The van der Waals surface area contributed by atoms with Gasteiger partial charge in [0, 0.05) is 5.69 Å². The van der Waals surface area contributed by atoms with E-state index in [2.05, 4.69) is 20.6 Å². The summed E-state index contributed by atoms with van der Waals surface area (Å²) in [6.07, 6.45) is 0. The van der Waals surface area contributed by atoms with Crippen molar-refractivity contribution in [1.29, 1.82) is 0 Å². The summed E-state index contributed by atoms with van der Waals surface area (Å²) in [6.45, 7) is 3.84. The third kappa shape index (κ3) is 4.37. The molecule has 0 saturated carbocycles. The molecule has 2 N–H and O–H groups in total. The summed E-state index contributed by atoms with van der Waals surface area (Å²) in [4.78, 5) is 21.3. The van der Waals surface area contributed by atoms with Gasteiger partial charge < -0.3 is 10.6 Å². The van der Waals surface area contributed by atoms with Crippen LogP contribution >= 0.6 is 11.6 Å². The summed E-state index contributed by atoms with van der Waals surface area (Å²) < 4.78 is 0. The van der Waals surface area contributed by atoms with E-state index in [0.717, 1.165) is 5.56 Å². The van der Waals surface area contributed by atoms with Crippen LogP contribution in [0.15, 0.2) is 60.7 Å². The number of aromatic nitrogens is 2. The van der Waals surface area contributed by atoms with E-state index in [1.165, 1.54) is 0 Å². The largest absolute Gasteiger partial charge is 0.348 e. The van der Waals surface area contributed by atoms with Crippen molar-refractivity contribution in [2.24, 2.45) is 0 Å². The molecule has 26 heavy (non-hydrogen) atoms. The van der Waals surface area contributed by atoms with Crippen molar-refractivity contribution < 1.29 is 4.79 Å². The summed E-state index contributed by atoms with van der Waals surface area (Å²) in [5.41, 5.74) is 2.63. The Morgan fingerprint density at radius 2 is 1.73 bits per heavy atom. The first-order valence-electron chi connectivity index (χ1n) is 8.26. The van der Waals surface area contributed by atoms with Crippen LogP contribution < -0.4 is 10.6 Å². The molecule has 0 fully saturated rings. The Morgan fingerprint density at radius 3 is 2.46 bits per heavy atom. The Labute approximate surface area is 157 Å². The van der Waals surface area contributed by atoms with Crippen molar-refractivity contribution in [3.63, 3.8) is 0 Å². The van der Waals surface area contributed by atoms with Gasteiger partial charge in [-0.15, -0.1) is 0 Å². The van der Waals surface area contributed by atoms with Crippen molar-refractivity contribution >= 4 is 29.1 Å². The zero-order valence-electron chi connectivity index (χ0n) is 14.5. The minimum absolute atomic E-state index is 0.0116. The Morgan fingerprint density at radius 1 is 1.04 bits per heavy atom. The normalized spacial score (nSPS) is 11.7. The molecule has 0 spiro atoms. The maximum absolute atomic E-state index is 12.5. The van der Waals surface area contributed by atoms with Gasteiger partial charge in [-0.3, -0.25) is 4.79 Å². The molecule has 3 rings (SSSR count). The number of aryl methyl sites for hydroxylation is 1. The van der Waals surface area contributed by atoms with Gasteiger partial charge in [0.25, 0.3) is 5.91 Å². The number of hydrogen-bond donors (Lipinski definition) is 2. The van der Waals surface area contributed by atoms with E-state index in [1.807, 2.05) is 44.2 Å². The molecule has 1 heterocycles. The van der Waals surface area contributed by atoms with Gasteiger partial charge in [-0.25, -0.2) is 9.97 Å². The van der Waals surface area contributed by atoms with Crippen molar-refractivity contribution in [3.8, 4) is 0 Å². The fourth-order valence-corrected chi connectivity index (χ4v) is 2.70. The van der Waals surface area contributed by atoms with Crippen LogP contribution in [0.2, 0.25) is 5.02 Å². The molecule has 1 amide bonds. The monoisotopic (exact) mass is 366 g/mol. The average molecular weight is 367 g/mol. The molecule has 1 unspecified atom stereocenters.